The number of hydrogen-bond donors (Lipinski definition) is 0. The molecule has 0 aromatic heterocycles. The lowest BCUT2D eigenvalue weighted by molar-refractivity contribution is -0.142. The van der Waals surface area contributed by atoms with Crippen LogP contribution in [0.25, 0.3) is 0 Å². The van der Waals surface area contributed by atoms with Crippen LogP contribution in [0.1, 0.15) is 13.8 Å². The normalized spacial score (nSPS) is 16.4. The minimum absolute atomic E-state index is 0.0742. The molecule has 1 heterocycles. The molecular weight excluding hydrogens is 216 g/mol. The predicted molar refractivity (Wildman–Crippen MR) is 51.2 cm³/mol. The molecule has 0 aliphatic carbocycles. The van der Waals surface area contributed by atoms with Crippen molar-refractivity contribution < 1.29 is 23.9 Å². The highest BCUT2D eigenvalue weighted by Gasteiger charge is 2.47. The molecule has 0 atom stereocenters. The van der Waals surface area contributed by atoms with Gasteiger partial charge in [0.05, 0.1) is 6.61 Å². The number of rotatable bonds is 2. The summed E-state index contributed by atoms with van der Waals surface area (Å²) in [6.45, 7) is 3.68. The number of carbonyl (C=O) groups excluding carboxylic acids is 4. The van der Waals surface area contributed by atoms with Crippen LogP contribution >= 0.6 is 0 Å². The molecule has 0 radical (unpaired) electrons. The van der Waals surface area contributed by atoms with Crippen LogP contribution in [0.3, 0.4) is 0 Å². The van der Waals surface area contributed by atoms with E-state index in [1.807, 2.05) is 0 Å². The van der Waals surface area contributed by atoms with Gasteiger partial charge >= 0.3 is 23.9 Å². The summed E-state index contributed by atoms with van der Waals surface area (Å²) in [5, 5.41) is 0. The van der Waals surface area contributed by atoms with Crippen molar-refractivity contribution in [3.05, 3.63) is 0 Å². The lowest BCUT2D eigenvalue weighted by Gasteiger charge is -2.12. The molecular formula is C9H12N2O5. The molecule has 0 saturated carbocycles. The molecule has 7 nitrogen and oxygen atoms in total. The van der Waals surface area contributed by atoms with Crippen molar-refractivity contribution in [2.75, 3.05) is 13.7 Å². The highest BCUT2D eigenvalue weighted by atomic mass is 16.6. The Kier molecular flexibility index (Phi) is 3.26. The van der Waals surface area contributed by atoms with Gasteiger partial charge in [0.25, 0.3) is 0 Å². The topological polar surface area (TPSA) is 84.0 Å². The quantitative estimate of drug-likeness (QED) is 0.498. The fourth-order valence-corrected chi connectivity index (χ4v) is 1.03. The van der Waals surface area contributed by atoms with Gasteiger partial charge in [0.2, 0.25) is 0 Å². The van der Waals surface area contributed by atoms with Gasteiger partial charge < -0.3 is 4.74 Å². The number of likely N-dealkylation sites (N-methyl/N-ethyl adjacent to an activating group) is 1. The smallest absolute Gasteiger partial charge is 0.425 e. The first-order valence-electron chi connectivity index (χ1n) is 4.69. The number of amides is 5. The summed E-state index contributed by atoms with van der Waals surface area (Å²) in [4.78, 5) is 45.7. The van der Waals surface area contributed by atoms with Crippen LogP contribution in [-0.4, -0.2) is 47.4 Å². The summed E-state index contributed by atoms with van der Waals surface area (Å²) in [5.74, 6) is -2.14. The maximum absolute atomic E-state index is 11.3. The van der Waals surface area contributed by atoms with Gasteiger partial charge in [-0.3, -0.25) is 14.5 Å². The SMILES string of the molecule is CC(C)COC(=O)N1C(=O)C(=O)N(C)C1=O. The van der Waals surface area contributed by atoms with E-state index in [-0.39, 0.29) is 17.4 Å². The molecule has 1 rings (SSSR count). The van der Waals surface area contributed by atoms with Crippen molar-refractivity contribution in [3.63, 3.8) is 0 Å². The predicted octanol–water partition coefficient (Wildman–Crippen LogP) is 0.200. The molecule has 0 aromatic carbocycles. The van der Waals surface area contributed by atoms with Gasteiger partial charge in [-0.25, -0.2) is 9.59 Å². The average Bonchev–Trinajstić information content (AvgIpc) is 2.40. The highest BCUT2D eigenvalue weighted by Crippen LogP contribution is 2.11. The Morgan fingerprint density at radius 3 is 2.19 bits per heavy atom. The molecule has 1 fully saturated rings. The second-order valence-electron chi connectivity index (χ2n) is 3.76. The lowest BCUT2D eigenvalue weighted by atomic mass is 10.2. The van der Waals surface area contributed by atoms with Gasteiger partial charge in [-0.1, -0.05) is 13.8 Å². The number of imide groups is 4. The van der Waals surface area contributed by atoms with Gasteiger partial charge in [0, 0.05) is 7.05 Å². The molecule has 0 aromatic rings. The summed E-state index contributed by atoms with van der Waals surface area (Å²) in [5.41, 5.74) is 0. The summed E-state index contributed by atoms with van der Waals surface area (Å²) in [6, 6.07) is -0.983. The van der Waals surface area contributed by atoms with Crippen LogP contribution in [0.4, 0.5) is 9.59 Å². The Morgan fingerprint density at radius 1 is 1.25 bits per heavy atom. The van der Waals surface area contributed by atoms with Gasteiger partial charge in [0.15, 0.2) is 0 Å². The first-order chi connectivity index (χ1) is 7.36. The van der Waals surface area contributed by atoms with Gasteiger partial charge in [-0.15, -0.1) is 0 Å². The Morgan fingerprint density at radius 2 is 1.81 bits per heavy atom. The first-order valence-corrected chi connectivity index (χ1v) is 4.69. The van der Waals surface area contributed by atoms with E-state index in [1.54, 1.807) is 13.8 Å². The molecule has 0 N–H and O–H groups in total. The molecule has 0 bridgehead atoms. The average molecular weight is 228 g/mol. The van der Waals surface area contributed by atoms with Crippen molar-refractivity contribution in [2.45, 2.75) is 13.8 Å². The Bertz CT molecular complexity index is 363. The van der Waals surface area contributed by atoms with Crippen LogP contribution in [-0.2, 0) is 14.3 Å². The fraction of sp³-hybridized carbons (Fsp3) is 0.556. The minimum Gasteiger partial charge on any atom is -0.448 e. The van der Waals surface area contributed by atoms with Crippen LogP contribution in [0.5, 0.6) is 0 Å². The number of nitrogens with zero attached hydrogens (tertiary/aromatic N) is 2. The van der Waals surface area contributed by atoms with E-state index < -0.39 is 23.9 Å². The van der Waals surface area contributed by atoms with Gasteiger partial charge in [-0.2, -0.15) is 4.90 Å². The molecule has 7 heteroatoms. The van der Waals surface area contributed by atoms with Crippen molar-refractivity contribution in [1.82, 2.24) is 9.80 Å². The standard InChI is InChI=1S/C9H12N2O5/c1-5(2)4-16-9(15)11-7(13)6(12)10(3)8(11)14/h5H,4H2,1-3H3. The van der Waals surface area contributed by atoms with Crippen LogP contribution < -0.4 is 0 Å². The molecule has 5 amide bonds. The number of carbonyl (C=O) groups is 4. The Labute approximate surface area is 91.9 Å². The number of urea groups is 1. The monoisotopic (exact) mass is 228 g/mol. The Hall–Kier alpha value is -1.92. The molecule has 16 heavy (non-hydrogen) atoms. The van der Waals surface area contributed by atoms with E-state index in [0.29, 0.717) is 4.90 Å². The van der Waals surface area contributed by atoms with E-state index >= 15 is 0 Å². The maximum atomic E-state index is 11.3. The third-order valence-corrected chi connectivity index (χ3v) is 1.89. The summed E-state index contributed by atoms with van der Waals surface area (Å²) in [6.07, 6.45) is -1.11. The number of ether oxygens (including phenoxy) is 1. The minimum atomic E-state index is -1.18. The zero-order valence-electron chi connectivity index (χ0n) is 9.22. The molecule has 1 aliphatic rings. The zero-order chi connectivity index (χ0) is 12.5. The summed E-state index contributed by atoms with van der Waals surface area (Å²) in [7, 11) is 1.12. The maximum Gasteiger partial charge on any atom is 0.425 e. The molecule has 0 spiro atoms. The van der Waals surface area contributed by atoms with Crippen LogP contribution in [0.15, 0.2) is 0 Å². The van der Waals surface area contributed by atoms with Crippen LogP contribution in [0.2, 0.25) is 0 Å². The third kappa shape index (κ3) is 2.02. The highest BCUT2D eigenvalue weighted by molar-refractivity contribution is 6.47. The molecule has 1 aliphatic heterocycles. The van der Waals surface area contributed by atoms with Crippen molar-refractivity contribution in [3.8, 4) is 0 Å². The summed E-state index contributed by atoms with van der Waals surface area (Å²) >= 11 is 0. The van der Waals surface area contributed by atoms with Crippen molar-refractivity contribution in [2.24, 2.45) is 5.92 Å². The van der Waals surface area contributed by atoms with Crippen LogP contribution in [0, 0.1) is 5.92 Å². The third-order valence-electron chi connectivity index (χ3n) is 1.89. The second-order valence-corrected chi connectivity index (χ2v) is 3.76. The van der Waals surface area contributed by atoms with E-state index in [1.165, 1.54) is 0 Å². The van der Waals surface area contributed by atoms with Crippen molar-refractivity contribution in [1.29, 1.82) is 0 Å². The second kappa shape index (κ2) is 4.30. The van der Waals surface area contributed by atoms with E-state index in [9.17, 15) is 19.2 Å². The van der Waals surface area contributed by atoms with Gasteiger partial charge in [-0.05, 0) is 5.92 Å². The number of hydrogen-bond acceptors (Lipinski definition) is 5. The molecule has 1 saturated heterocycles. The van der Waals surface area contributed by atoms with Gasteiger partial charge in [0.1, 0.15) is 0 Å². The largest absolute Gasteiger partial charge is 0.448 e. The first kappa shape index (κ1) is 12.2. The van der Waals surface area contributed by atoms with E-state index in [0.717, 1.165) is 7.05 Å². The molecule has 88 valence electrons. The van der Waals surface area contributed by atoms with Crippen molar-refractivity contribution >= 4 is 23.9 Å². The molecule has 0 unspecified atom stereocenters. The van der Waals surface area contributed by atoms with E-state index in [2.05, 4.69) is 0 Å². The zero-order valence-corrected chi connectivity index (χ0v) is 9.22. The summed E-state index contributed by atoms with van der Waals surface area (Å²) < 4.78 is 4.69. The fourth-order valence-electron chi connectivity index (χ4n) is 1.03. The lowest BCUT2D eigenvalue weighted by Crippen LogP contribution is -2.38. The Balaban J connectivity index is 2.74. The van der Waals surface area contributed by atoms with E-state index in [4.69, 9.17) is 4.74 Å².